The third kappa shape index (κ3) is 3.81. The van der Waals surface area contributed by atoms with Gasteiger partial charge in [0.05, 0.1) is 12.5 Å². The van der Waals surface area contributed by atoms with Crippen LogP contribution in [0.3, 0.4) is 0 Å². The number of nitrogens with two attached hydrogens (primary N) is 1. The molecule has 1 unspecified atom stereocenters. The van der Waals surface area contributed by atoms with Crippen molar-refractivity contribution in [1.29, 1.82) is 0 Å². The highest BCUT2D eigenvalue weighted by molar-refractivity contribution is 6.10. The zero-order chi connectivity index (χ0) is 21.3. The quantitative estimate of drug-likeness (QED) is 0.795. The van der Waals surface area contributed by atoms with Crippen molar-refractivity contribution in [2.75, 3.05) is 23.8 Å². The highest BCUT2D eigenvalue weighted by Gasteiger charge is 2.31. The summed E-state index contributed by atoms with van der Waals surface area (Å²) in [4.78, 5) is 33.9. The van der Waals surface area contributed by atoms with E-state index in [1.807, 2.05) is 12.1 Å². The smallest absolute Gasteiger partial charge is 0.306 e. The fourth-order valence-corrected chi connectivity index (χ4v) is 4.49. The number of carboxylic acids is 1. The molecule has 158 valence electrons. The van der Waals surface area contributed by atoms with E-state index in [0.717, 1.165) is 31.4 Å². The number of benzene rings is 1. The fraction of sp³-hybridized carbons (Fsp3) is 0.455. The number of nitrogen functional groups attached to an aromatic ring is 1. The van der Waals surface area contributed by atoms with E-state index in [4.69, 9.17) is 10.5 Å². The Labute approximate surface area is 175 Å². The number of rotatable bonds is 4. The van der Waals surface area contributed by atoms with E-state index in [0.29, 0.717) is 19.1 Å². The Morgan fingerprint density at radius 3 is 2.57 bits per heavy atom. The lowest BCUT2D eigenvalue weighted by atomic mass is 9.74. The number of fused-ring (bicyclic) bond motifs is 1. The minimum Gasteiger partial charge on any atom is -0.481 e. The molecule has 1 aromatic carbocycles. The van der Waals surface area contributed by atoms with Crippen molar-refractivity contribution in [1.82, 2.24) is 9.97 Å². The Morgan fingerprint density at radius 2 is 1.90 bits per heavy atom. The maximum Gasteiger partial charge on any atom is 0.306 e. The van der Waals surface area contributed by atoms with Crippen molar-refractivity contribution in [2.24, 2.45) is 11.8 Å². The summed E-state index contributed by atoms with van der Waals surface area (Å²) in [7, 11) is 0. The largest absolute Gasteiger partial charge is 0.481 e. The van der Waals surface area contributed by atoms with Gasteiger partial charge in [-0.25, -0.2) is 9.97 Å². The first-order valence-electron chi connectivity index (χ1n) is 10.3. The molecule has 0 saturated heterocycles. The first-order valence-corrected chi connectivity index (χ1v) is 10.3. The van der Waals surface area contributed by atoms with Gasteiger partial charge in [0, 0.05) is 5.69 Å². The molecular weight excluding hydrogens is 384 g/mol. The second-order valence-electron chi connectivity index (χ2n) is 8.07. The van der Waals surface area contributed by atoms with Gasteiger partial charge in [-0.3, -0.25) is 9.59 Å². The Hall–Kier alpha value is -3.16. The van der Waals surface area contributed by atoms with E-state index in [-0.39, 0.29) is 35.0 Å². The lowest BCUT2D eigenvalue weighted by molar-refractivity contribution is -0.143. The fourth-order valence-electron chi connectivity index (χ4n) is 4.49. The Bertz CT molecular complexity index is 939. The van der Waals surface area contributed by atoms with Gasteiger partial charge in [-0.05, 0) is 55.2 Å². The topological polar surface area (TPSA) is 119 Å². The van der Waals surface area contributed by atoms with Gasteiger partial charge in [0.1, 0.15) is 24.3 Å². The first kappa shape index (κ1) is 20.1. The molecule has 2 heterocycles. The van der Waals surface area contributed by atoms with Crippen LogP contribution < -0.4 is 15.4 Å². The van der Waals surface area contributed by atoms with E-state index in [1.165, 1.54) is 11.9 Å². The van der Waals surface area contributed by atoms with Gasteiger partial charge in [0.2, 0.25) is 5.88 Å². The molecule has 1 aromatic heterocycles. The van der Waals surface area contributed by atoms with Crippen LogP contribution in [0.5, 0.6) is 5.88 Å². The highest BCUT2D eigenvalue weighted by atomic mass is 16.5. The standard InChI is InChI=1S/C22H26N4O4/c1-13(22(28)29)14-2-4-15(5-3-14)16-6-8-17(9-7-16)26-10-11-30-20-18(21(26)27)19(23)24-12-25-20/h6-9,12-15H,2-5,10-11H2,1H3,(H,28,29)(H2,23,24,25). The van der Waals surface area contributed by atoms with Crippen LogP contribution in [-0.4, -0.2) is 40.1 Å². The molecule has 2 aliphatic rings. The van der Waals surface area contributed by atoms with Crippen LogP contribution >= 0.6 is 0 Å². The van der Waals surface area contributed by atoms with E-state index >= 15 is 0 Å². The zero-order valence-electron chi connectivity index (χ0n) is 17.0. The van der Waals surface area contributed by atoms with Crippen LogP contribution in [-0.2, 0) is 4.79 Å². The summed E-state index contributed by atoms with van der Waals surface area (Å²) in [5.74, 6) is -0.258. The number of carboxylic acid groups (broad SMARTS) is 1. The molecule has 8 heteroatoms. The van der Waals surface area contributed by atoms with E-state index < -0.39 is 5.97 Å². The average Bonchev–Trinajstić information content (AvgIpc) is 2.93. The number of hydrogen-bond acceptors (Lipinski definition) is 6. The molecule has 30 heavy (non-hydrogen) atoms. The van der Waals surface area contributed by atoms with Crippen molar-refractivity contribution >= 4 is 23.4 Å². The number of ether oxygens (including phenoxy) is 1. The summed E-state index contributed by atoms with van der Waals surface area (Å²) in [6.07, 6.45) is 5.12. The number of aromatic nitrogens is 2. The van der Waals surface area contributed by atoms with Gasteiger partial charge in [-0.2, -0.15) is 0 Å². The number of aliphatic carboxylic acids is 1. The van der Waals surface area contributed by atoms with Crippen LogP contribution in [0.25, 0.3) is 0 Å². The van der Waals surface area contributed by atoms with Gasteiger partial charge in [0.25, 0.3) is 5.91 Å². The molecule has 1 fully saturated rings. The van der Waals surface area contributed by atoms with Crippen LogP contribution in [0, 0.1) is 11.8 Å². The normalized spacial score (nSPS) is 22.6. The van der Waals surface area contributed by atoms with E-state index in [9.17, 15) is 14.7 Å². The van der Waals surface area contributed by atoms with Crippen molar-refractivity contribution in [2.45, 2.75) is 38.5 Å². The summed E-state index contributed by atoms with van der Waals surface area (Å²) in [5, 5.41) is 9.23. The maximum absolute atomic E-state index is 13.0. The lowest BCUT2D eigenvalue weighted by Crippen LogP contribution is -2.32. The Kier molecular flexibility index (Phi) is 5.57. The lowest BCUT2D eigenvalue weighted by Gasteiger charge is -2.31. The van der Waals surface area contributed by atoms with Gasteiger partial charge < -0.3 is 20.5 Å². The summed E-state index contributed by atoms with van der Waals surface area (Å²) >= 11 is 0. The van der Waals surface area contributed by atoms with Crippen LogP contribution in [0.1, 0.15) is 54.4 Å². The summed E-state index contributed by atoms with van der Waals surface area (Å²) in [6, 6.07) is 8.02. The zero-order valence-corrected chi connectivity index (χ0v) is 17.0. The van der Waals surface area contributed by atoms with E-state index in [1.54, 1.807) is 11.8 Å². The van der Waals surface area contributed by atoms with Crippen molar-refractivity contribution in [3.63, 3.8) is 0 Å². The summed E-state index contributed by atoms with van der Waals surface area (Å²) in [6.45, 7) is 2.52. The molecule has 0 radical (unpaired) electrons. The van der Waals surface area contributed by atoms with Gasteiger partial charge in [-0.1, -0.05) is 19.1 Å². The van der Waals surface area contributed by atoms with Gasteiger partial charge in [0.15, 0.2) is 0 Å². The highest BCUT2D eigenvalue weighted by Crippen LogP contribution is 2.39. The maximum atomic E-state index is 13.0. The van der Waals surface area contributed by atoms with Crippen LogP contribution in [0.15, 0.2) is 30.6 Å². The molecule has 1 saturated carbocycles. The third-order valence-electron chi connectivity index (χ3n) is 6.40. The Balaban J connectivity index is 1.47. The minimum absolute atomic E-state index is 0.112. The number of hydrogen-bond donors (Lipinski definition) is 2. The molecule has 1 amide bonds. The van der Waals surface area contributed by atoms with Gasteiger partial charge in [-0.15, -0.1) is 0 Å². The van der Waals surface area contributed by atoms with E-state index in [2.05, 4.69) is 22.1 Å². The average molecular weight is 410 g/mol. The molecule has 2 aromatic rings. The molecule has 1 atom stereocenters. The molecule has 3 N–H and O–H groups in total. The predicted octanol–water partition coefficient (Wildman–Crippen LogP) is 3.09. The molecule has 1 aliphatic carbocycles. The van der Waals surface area contributed by atoms with Crippen LogP contribution in [0.4, 0.5) is 11.5 Å². The summed E-state index contributed by atoms with van der Waals surface area (Å²) < 4.78 is 5.58. The molecule has 0 spiro atoms. The SMILES string of the molecule is CC(C(=O)O)C1CCC(c2ccc(N3CCOc4ncnc(N)c4C3=O)cc2)CC1. The minimum atomic E-state index is -0.707. The van der Waals surface area contributed by atoms with Crippen molar-refractivity contribution in [3.8, 4) is 5.88 Å². The van der Waals surface area contributed by atoms with Gasteiger partial charge >= 0.3 is 5.97 Å². The number of carbonyl (C=O) groups is 2. The molecule has 4 rings (SSSR count). The third-order valence-corrected chi connectivity index (χ3v) is 6.40. The number of nitrogens with zero attached hydrogens (tertiary/aromatic N) is 3. The number of amides is 1. The molecule has 8 nitrogen and oxygen atoms in total. The van der Waals surface area contributed by atoms with Crippen molar-refractivity contribution in [3.05, 3.63) is 41.7 Å². The number of anilines is 2. The van der Waals surface area contributed by atoms with Crippen LogP contribution in [0.2, 0.25) is 0 Å². The predicted molar refractivity (Wildman–Crippen MR) is 112 cm³/mol. The molecular formula is C22H26N4O4. The summed E-state index contributed by atoms with van der Waals surface area (Å²) in [5.41, 5.74) is 8.10. The molecule has 1 aliphatic heterocycles. The monoisotopic (exact) mass is 410 g/mol. The molecule has 0 bridgehead atoms. The van der Waals surface area contributed by atoms with Crippen molar-refractivity contribution < 1.29 is 19.4 Å². The first-order chi connectivity index (χ1) is 14.5. The second kappa shape index (κ2) is 8.30. The number of carbonyl (C=O) groups excluding carboxylic acids is 1. The second-order valence-corrected chi connectivity index (χ2v) is 8.07. The Morgan fingerprint density at radius 1 is 1.20 bits per heavy atom.